The third-order valence-corrected chi connectivity index (χ3v) is 26.9. The predicted molar refractivity (Wildman–Crippen MR) is 551 cm³/mol. The van der Waals surface area contributed by atoms with Crippen molar-refractivity contribution in [2.45, 2.75) is 0 Å². The number of benzene rings is 22. The molecule has 0 unspecified atom stereocenters. The van der Waals surface area contributed by atoms with Crippen molar-refractivity contribution in [2.24, 2.45) is 0 Å². The molecule has 6 heterocycles. The van der Waals surface area contributed by atoms with Gasteiger partial charge in [-0.3, -0.25) is 9.97 Å². The third kappa shape index (κ3) is 12.2. The molecule has 0 spiro atoms. The maximum absolute atomic E-state index is 5.02. The van der Waals surface area contributed by atoms with Gasteiger partial charge >= 0.3 is 0 Å². The fraction of sp³-hybridized carbons (Fsp3) is 0. The highest BCUT2D eigenvalue weighted by Crippen LogP contribution is 2.48. The number of hydrogen-bond donors (Lipinski definition) is 0. The molecule has 28 aromatic rings. The molecule has 0 aliphatic carbocycles. The molecule has 0 amide bonds. The first-order chi connectivity index (χ1) is 65.0. The molecule has 8 heteroatoms. The number of aromatic nitrogens is 8. The van der Waals surface area contributed by atoms with Crippen LogP contribution in [0.1, 0.15) is 0 Å². The van der Waals surface area contributed by atoms with Crippen LogP contribution in [-0.2, 0) is 0 Å². The predicted octanol–water partition coefficient (Wildman–Crippen LogP) is 32.3. The summed E-state index contributed by atoms with van der Waals surface area (Å²) in [5.41, 5.74) is 17.9. The highest BCUT2D eigenvalue weighted by Gasteiger charge is 2.25. The molecule has 131 heavy (non-hydrogen) atoms. The van der Waals surface area contributed by atoms with Gasteiger partial charge < -0.3 is 13.7 Å². The molecule has 8 nitrogen and oxygen atoms in total. The summed E-state index contributed by atoms with van der Waals surface area (Å²) in [5, 5.41) is 35.5. The van der Waals surface area contributed by atoms with Gasteiger partial charge in [-0.05, 0) is 210 Å². The van der Waals surface area contributed by atoms with Crippen LogP contribution in [-0.4, -0.2) is 38.6 Å². The summed E-state index contributed by atoms with van der Waals surface area (Å²) in [6.07, 6.45) is 5.64. The Morgan fingerprint density at radius 2 is 0.481 bits per heavy atom. The average Bonchev–Trinajstić information content (AvgIpc) is 1.55. The van der Waals surface area contributed by atoms with Gasteiger partial charge in [0.2, 0.25) is 0 Å². The van der Waals surface area contributed by atoms with Gasteiger partial charge in [0.05, 0.1) is 50.2 Å². The molecule has 0 aliphatic rings. The van der Waals surface area contributed by atoms with E-state index in [4.69, 9.17) is 15.0 Å². The number of para-hydroxylation sites is 3. The molecule has 0 radical (unpaired) electrons. The van der Waals surface area contributed by atoms with Crippen LogP contribution < -0.4 is 0 Å². The van der Waals surface area contributed by atoms with Gasteiger partial charge in [-0.15, -0.1) is 0 Å². The highest BCUT2D eigenvalue weighted by atomic mass is 15.0. The summed E-state index contributed by atoms with van der Waals surface area (Å²) in [6, 6.07) is 159. The lowest BCUT2D eigenvalue weighted by molar-refractivity contribution is 1.07. The highest BCUT2D eigenvalue weighted by molar-refractivity contribution is 6.32. The van der Waals surface area contributed by atoms with Crippen LogP contribution in [0.25, 0.3) is 258 Å². The lowest BCUT2D eigenvalue weighted by Crippen LogP contribution is -2.01. The van der Waals surface area contributed by atoms with Crippen molar-refractivity contribution in [3.8, 4) is 73.6 Å². The van der Waals surface area contributed by atoms with Crippen molar-refractivity contribution in [3.05, 3.63) is 461 Å². The molecule has 0 aliphatic heterocycles. The summed E-state index contributed by atoms with van der Waals surface area (Å²) >= 11 is 0. The van der Waals surface area contributed by atoms with Gasteiger partial charge in [-0.2, -0.15) is 0 Å². The fourth-order valence-electron chi connectivity index (χ4n) is 21.1. The summed E-state index contributed by atoms with van der Waals surface area (Å²) in [5.74, 6) is 1.94. The smallest absolute Gasteiger partial charge is 0.164 e. The summed E-state index contributed by atoms with van der Waals surface area (Å²) in [6.45, 7) is 0. The van der Waals surface area contributed by atoms with Crippen LogP contribution in [0, 0.1) is 0 Å². The van der Waals surface area contributed by atoms with Crippen LogP contribution in [0.5, 0.6) is 0 Å². The molecule has 22 aromatic carbocycles. The minimum atomic E-state index is 0.637. The minimum absolute atomic E-state index is 0.637. The van der Waals surface area contributed by atoms with Crippen molar-refractivity contribution in [1.29, 1.82) is 0 Å². The van der Waals surface area contributed by atoms with E-state index in [0.717, 1.165) is 50.2 Å². The zero-order valence-electron chi connectivity index (χ0n) is 71.0. The largest absolute Gasteiger partial charge is 0.309 e. The first-order valence-corrected chi connectivity index (χ1v) is 44.7. The van der Waals surface area contributed by atoms with Gasteiger partial charge in [-0.1, -0.05) is 346 Å². The van der Waals surface area contributed by atoms with Crippen LogP contribution in [0.3, 0.4) is 0 Å². The molecule has 6 aromatic heterocycles. The Bertz CT molecular complexity index is 9190. The molecular weight excluding hydrogens is 1590 g/mol. The van der Waals surface area contributed by atoms with Crippen LogP contribution in [0.15, 0.2) is 461 Å². The molecule has 0 bridgehead atoms. The third-order valence-electron chi connectivity index (χ3n) is 26.9. The van der Waals surface area contributed by atoms with Crippen molar-refractivity contribution in [1.82, 2.24) is 38.6 Å². The molecule has 0 saturated carbocycles. The van der Waals surface area contributed by atoms with Crippen molar-refractivity contribution in [3.63, 3.8) is 0 Å². The summed E-state index contributed by atoms with van der Waals surface area (Å²) in [4.78, 5) is 24.0. The molecule has 0 atom stereocenters. The van der Waals surface area contributed by atoms with Crippen LogP contribution in [0.2, 0.25) is 0 Å². The molecule has 28 rings (SSSR count). The summed E-state index contributed by atoms with van der Waals surface area (Å²) < 4.78 is 7.30. The van der Waals surface area contributed by atoms with Gasteiger partial charge in [0.25, 0.3) is 0 Å². The molecular formula is C123H76N8. The van der Waals surface area contributed by atoms with E-state index in [-0.39, 0.29) is 0 Å². The lowest BCUT2D eigenvalue weighted by atomic mass is 9.93. The number of hydrogen-bond acceptors (Lipinski definition) is 5. The van der Waals surface area contributed by atoms with Gasteiger partial charge in [0.15, 0.2) is 17.5 Å². The fourth-order valence-corrected chi connectivity index (χ4v) is 21.1. The topological polar surface area (TPSA) is 79.2 Å². The normalized spacial score (nSPS) is 11.8. The van der Waals surface area contributed by atoms with E-state index >= 15 is 0 Å². The quantitative estimate of drug-likeness (QED) is 0.142. The standard InChI is InChI=1S/C45H28N4.2C39H24N2/c1-3-14-29(15-4-1)43-46-44(30-16-5-2-6-17-30)48-45(47-43)31-18-13-19-32(26-31)49-41-25-12-11-24-37(41)40-27-38-35-22-9-7-20-33(35)34-21-8-10-23-36(34)39(38)28-42(40)49;1-3-13-27-25(11-1)26-12-2-4-14-28(26)34-24-39-35(23-33(27)34)32-15-5-6-20-37(32)41(39)38-21-10-16-29-30(17-9-18-31(29)38)36-19-7-8-22-40-36;1-3-14-30-28(12-1)29-13-2-4-15-31(29)35-23-39-36(22-34(30)35)33-17-7-8-18-37(33)41(39)38-20-19-26(25-10-9-21-40-24-25)27-11-5-6-16-32(27)38/h1-28H;2*1-24H. The molecule has 0 saturated heterocycles. The lowest BCUT2D eigenvalue weighted by Gasteiger charge is -2.15. The first kappa shape index (κ1) is 74.8. The van der Waals surface area contributed by atoms with E-state index in [2.05, 4.69) is 394 Å². The average molecular weight is 1670 g/mol. The van der Waals surface area contributed by atoms with E-state index in [9.17, 15) is 0 Å². The van der Waals surface area contributed by atoms with Gasteiger partial charge in [0.1, 0.15) is 0 Å². The van der Waals surface area contributed by atoms with E-state index in [0.29, 0.717) is 17.5 Å². The Morgan fingerprint density at radius 3 is 0.916 bits per heavy atom. The van der Waals surface area contributed by atoms with Crippen molar-refractivity contribution in [2.75, 3.05) is 0 Å². The summed E-state index contributed by atoms with van der Waals surface area (Å²) in [7, 11) is 0. The van der Waals surface area contributed by atoms with Crippen LogP contribution >= 0.6 is 0 Å². The number of pyridine rings is 2. The molecule has 608 valence electrons. The first-order valence-electron chi connectivity index (χ1n) is 44.7. The van der Waals surface area contributed by atoms with Crippen molar-refractivity contribution < 1.29 is 0 Å². The molecule has 0 fully saturated rings. The Morgan fingerprint density at radius 1 is 0.160 bits per heavy atom. The molecule has 0 N–H and O–H groups in total. The zero-order valence-corrected chi connectivity index (χ0v) is 71.0. The Labute approximate surface area is 752 Å². The second-order valence-electron chi connectivity index (χ2n) is 34.0. The van der Waals surface area contributed by atoms with E-state index < -0.39 is 0 Å². The second kappa shape index (κ2) is 30.6. The van der Waals surface area contributed by atoms with Crippen LogP contribution in [0.4, 0.5) is 0 Å². The number of rotatable bonds is 8. The van der Waals surface area contributed by atoms with E-state index in [1.807, 2.05) is 91.4 Å². The SMILES string of the molecule is c1ccc(-c2cccc3c(-n4c5ccccc5c5cc6c7ccccc7c7ccccc7c6cc54)cccc23)nc1.c1ccc(-c2nc(-c3ccccc3)nc(-c3cccc(-n4c5ccccc5c5cc6c7ccccc7c7ccccc7c6cc54)c3)n2)cc1.c1cncc(-c2ccc(-n3c4ccccc4c4cc5c6ccccc6c6ccccc6c5cc43)c3ccccc23)c1. The Hall–Kier alpha value is -17.6. The minimum Gasteiger partial charge on any atom is -0.309 e. The monoisotopic (exact) mass is 1660 g/mol. The van der Waals surface area contributed by atoms with E-state index in [1.54, 1.807) is 0 Å². The van der Waals surface area contributed by atoms with Gasteiger partial charge in [0, 0.05) is 95.2 Å². The van der Waals surface area contributed by atoms with Gasteiger partial charge in [-0.25, -0.2) is 15.0 Å². The maximum atomic E-state index is 5.02. The second-order valence-corrected chi connectivity index (χ2v) is 34.0. The maximum Gasteiger partial charge on any atom is 0.164 e. The zero-order chi connectivity index (χ0) is 86.1. The van der Waals surface area contributed by atoms with Crippen molar-refractivity contribution >= 4 is 184 Å². The van der Waals surface area contributed by atoms with E-state index in [1.165, 1.54) is 190 Å². The number of nitrogens with zero attached hydrogens (tertiary/aromatic N) is 8. The number of fused-ring (bicyclic) bond motifs is 29. The Kier molecular flexibility index (Phi) is 17.5. The Balaban J connectivity index is 0.000000104.